The van der Waals surface area contributed by atoms with E-state index in [0.29, 0.717) is 12.3 Å². The maximum Gasteiger partial charge on any atom is 0.337 e. The summed E-state index contributed by atoms with van der Waals surface area (Å²) in [6.07, 6.45) is 3.90. The maximum atomic E-state index is 11.0. The maximum absolute atomic E-state index is 11.0. The van der Waals surface area contributed by atoms with E-state index in [2.05, 4.69) is 4.98 Å². The van der Waals surface area contributed by atoms with Crippen molar-refractivity contribution in [1.29, 1.82) is 0 Å². The zero-order valence-corrected chi connectivity index (χ0v) is 9.51. The molecule has 0 aliphatic carbocycles. The first-order valence-corrected chi connectivity index (χ1v) is 5.04. The van der Waals surface area contributed by atoms with Crippen LogP contribution in [0.1, 0.15) is 16.8 Å². The molecule has 0 spiro atoms. The molecule has 0 radical (unpaired) electrons. The number of hydrogen-bond donors (Lipinski definition) is 1. The second-order valence-electron chi connectivity index (χ2n) is 3.47. The van der Waals surface area contributed by atoms with Crippen LogP contribution < -0.4 is 4.90 Å². The Labute approximate surface area is 94.7 Å². The fraction of sp³-hybridized carbons (Fsp3) is 0.455. The van der Waals surface area contributed by atoms with Gasteiger partial charge in [-0.1, -0.05) is 0 Å². The summed E-state index contributed by atoms with van der Waals surface area (Å²) in [6, 6.07) is 1.50. The SMILES string of the molecule is COCCCN(C)c1cnccc1C(=O)O. The molecule has 1 heterocycles. The van der Waals surface area contributed by atoms with E-state index in [9.17, 15) is 4.79 Å². The topological polar surface area (TPSA) is 62.7 Å². The summed E-state index contributed by atoms with van der Waals surface area (Å²) in [6.45, 7) is 1.40. The first-order valence-electron chi connectivity index (χ1n) is 5.04. The number of carboxylic acids is 1. The lowest BCUT2D eigenvalue weighted by molar-refractivity contribution is 0.0697. The summed E-state index contributed by atoms with van der Waals surface area (Å²) < 4.78 is 4.95. The van der Waals surface area contributed by atoms with E-state index in [4.69, 9.17) is 9.84 Å². The van der Waals surface area contributed by atoms with Crippen molar-refractivity contribution in [2.45, 2.75) is 6.42 Å². The molecule has 16 heavy (non-hydrogen) atoms. The minimum absolute atomic E-state index is 0.273. The van der Waals surface area contributed by atoms with Gasteiger partial charge >= 0.3 is 5.97 Å². The third-order valence-corrected chi connectivity index (χ3v) is 2.28. The predicted octanol–water partition coefficient (Wildman–Crippen LogP) is 1.25. The molecule has 1 aromatic rings. The number of pyridine rings is 1. The summed E-state index contributed by atoms with van der Waals surface area (Å²) in [7, 11) is 3.49. The highest BCUT2D eigenvalue weighted by atomic mass is 16.5. The lowest BCUT2D eigenvalue weighted by atomic mass is 10.2. The number of methoxy groups -OCH3 is 1. The molecule has 1 N–H and O–H groups in total. The normalized spacial score (nSPS) is 10.1. The molecular weight excluding hydrogens is 208 g/mol. The van der Waals surface area contributed by atoms with E-state index >= 15 is 0 Å². The van der Waals surface area contributed by atoms with Crippen LogP contribution in [0, 0.1) is 0 Å². The molecule has 88 valence electrons. The zero-order valence-electron chi connectivity index (χ0n) is 9.51. The van der Waals surface area contributed by atoms with Crippen molar-refractivity contribution in [3.05, 3.63) is 24.0 Å². The van der Waals surface area contributed by atoms with Crippen molar-refractivity contribution in [3.8, 4) is 0 Å². The van der Waals surface area contributed by atoms with Crippen molar-refractivity contribution < 1.29 is 14.6 Å². The number of carbonyl (C=O) groups is 1. The van der Waals surface area contributed by atoms with E-state index in [1.54, 1.807) is 13.3 Å². The number of hydrogen-bond acceptors (Lipinski definition) is 4. The fourth-order valence-corrected chi connectivity index (χ4v) is 1.44. The van der Waals surface area contributed by atoms with E-state index in [1.165, 1.54) is 12.3 Å². The second kappa shape index (κ2) is 6.07. The standard InChI is InChI=1S/C11H16N2O3/c1-13(6-3-7-16-2)10-8-12-5-4-9(10)11(14)15/h4-5,8H,3,6-7H2,1-2H3,(H,14,15). The molecule has 0 saturated heterocycles. The largest absolute Gasteiger partial charge is 0.478 e. The van der Waals surface area contributed by atoms with Gasteiger partial charge < -0.3 is 14.7 Å². The molecule has 5 heteroatoms. The van der Waals surface area contributed by atoms with Gasteiger partial charge in [0.2, 0.25) is 0 Å². The monoisotopic (exact) mass is 224 g/mol. The quantitative estimate of drug-likeness (QED) is 0.737. The van der Waals surface area contributed by atoms with Crippen molar-refractivity contribution >= 4 is 11.7 Å². The molecule has 1 rings (SSSR count). The second-order valence-corrected chi connectivity index (χ2v) is 3.47. The fourth-order valence-electron chi connectivity index (χ4n) is 1.44. The highest BCUT2D eigenvalue weighted by molar-refractivity contribution is 5.94. The number of nitrogens with zero attached hydrogens (tertiary/aromatic N) is 2. The molecule has 0 aliphatic heterocycles. The van der Waals surface area contributed by atoms with Gasteiger partial charge in [-0.3, -0.25) is 4.98 Å². The first-order chi connectivity index (χ1) is 7.66. The molecule has 0 unspecified atom stereocenters. The number of carboxylic acid groups (broad SMARTS) is 1. The van der Waals surface area contributed by atoms with Gasteiger partial charge in [0.25, 0.3) is 0 Å². The van der Waals surface area contributed by atoms with Crippen LogP contribution >= 0.6 is 0 Å². The summed E-state index contributed by atoms with van der Waals surface area (Å²) >= 11 is 0. The number of ether oxygens (including phenoxy) is 1. The summed E-state index contributed by atoms with van der Waals surface area (Å²) in [5, 5.41) is 9.01. The van der Waals surface area contributed by atoms with Crippen LogP contribution in [0.25, 0.3) is 0 Å². The van der Waals surface area contributed by atoms with Crippen LogP contribution in [0.4, 0.5) is 5.69 Å². The predicted molar refractivity (Wildman–Crippen MR) is 61.0 cm³/mol. The third-order valence-electron chi connectivity index (χ3n) is 2.28. The van der Waals surface area contributed by atoms with Crippen molar-refractivity contribution in [2.24, 2.45) is 0 Å². The van der Waals surface area contributed by atoms with Gasteiger partial charge in [-0.25, -0.2) is 4.79 Å². The Morgan fingerprint density at radius 2 is 2.38 bits per heavy atom. The van der Waals surface area contributed by atoms with Gasteiger partial charge in [0.05, 0.1) is 17.4 Å². The molecule has 5 nitrogen and oxygen atoms in total. The Hall–Kier alpha value is -1.62. The number of aromatic nitrogens is 1. The molecule has 0 amide bonds. The Bertz CT molecular complexity index is 355. The van der Waals surface area contributed by atoms with Crippen LogP contribution in [0.5, 0.6) is 0 Å². The van der Waals surface area contributed by atoms with Gasteiger partial charge in [0.1, 0.15) is 0 Å². The Morgan fingerprint density at radius 3 is 3.00 bits per heavy atom. The first kappa shape index (κ1) is 12.4. The molecular formula is C11H16N2O3. The van der Waals surface area contributed by atoms with Gasteiger partial charge in [0, 0.05) is 33.5 Å². The highest BCUT2D eigenvalue weighted by Crippen LogP contribution is 2.17. The van der Waals surface area contributed by atoms with E-state index in [0.717, 1.165) is 13.0 Å². The van der Waals surface area contributed by atoms with E-state index < -0.39 is 5.97 Å². The Kier molecular flexibility index (Phi) is 4.72. The van der Waals surface area contributed by atoms with Gasteiger partial charge in [-0.15, -0.1) is 0 Å². The molecule has 0 atom stereocenters. The van der Waals surface area contributed by atoms with Crippen LogP contribution in [0.15, 0.2) is 18.5 Å². The van der Waals surface area contributed by atoms with Gasteiger partial charge in [-0.2, -0.15) is 0 Å². The van der Waals surface area contributed by atoms with Crippen LogP contribution in [0.2, 0.25) is 0 Å². The van der Waals surface area contributed by atoms with Crippen LogP contribution in [-0.2, 0) is 4.74 Å². The molecule has 1 aromatic heterocycles. The van der Waals surface area contributed by atoms with Crippen molar-refractivity contribution in [1.82, 2.24) is 4.98 Å². The lowest BCUT2D eigenvalue weighted by Crippen LogP contribution is -2.22. The third kappa shape index (κ3) is 3.20. The molecule has 0 saturated carbocycles. The van der Waals surface area contributed by atoms with Crippen molar-refractivity contribution in [3.63, 3.8) is 0 Å². The molecule has 0 fully saturated rings. The number of anilines is 1. The van der Waals surface area contributed by atoms with E-state index in [-0.39, 0.29) is 5.56 Å². The van der Waals surface area contributed by atoms with Crippen molar-refractivity contribution in [2.75, 3.05) is 32.2 Å². The van der Waals surface area contributed by atoms with Gasteiger partial charge in [0.15, 0.2) is 0 Å². The summed E-state index contributed by atoms with van der Waals surface area (Å²) in [5.74, 6) is -0.934. The smallest absolute Gasteiger partial charge is 0.337 e. The summed E-state index contributed by atoms with van der Waals surface area (Å²) in [5.41, 5.74) is 0.904. The molecule has 0 bridgehead atoms. The minimum Gasteiger partial charge on any atom is -0.478 e. The number of aromatic carboxylic acids is 1. The zero-order chi connectivity index (χ0) is 12.0. The summed E-state index contributed by atoms with van der Waals surface area (Å²) in [4.78, 5) is 16.8. The average Bonchev–Trinajstić information content (AvgIpc) is 2.29. The molecule has 0 aliphatic rings. The average molecular weight is 224 g/mol. The molecule has 0 aromatic carbocycles. The van der Waals surface area contributed by atoms with Crippen LogP contribution in [-0.4, -0.2) is 43.4 Å². The minimum atomic E-state index is -0.934. The Balaban J connectivity index is 2.74. The van der Waals surface area contributed by atoms with Gasteiger partial charge in [-0.05, 0) is 12.5 Å². The highest BCUT2D eigenvalue weighted by Gasteiger charge is 2.12. The lowest BCUT2D eigenvalue weighted by Gasteiger charge is -2.20. The van der Waals surface area contributed by atoms with E-state index in [1.807, 2.05) is 11.9 Å². The number of rotatable bonds is 6. The Morgan fingerprint density at radius 1 is 1.62 bits per heavy atom. The van der Waals surface area contributed by atoms with Crippen LogP contribution in [0.3, 0.4) is 0 Å².